The molecule has 1 aliphatic rings. The van der Waals surface area contributed by atoms with Crippen molar-refractivity contribution in [2.24, 2.45) is 0 Å². The minimum absolute atomic E-state index is 0.206. The average molecular weight is 346 g/mol. The lowest BCUT2D eigenvalue weighted by atomic mass is 9.91. The van der Waals surface area contributed by atoms with Crippen LogP contribution in [0.15, 0.2) is 54.9 Å². The van der Waals surface area contributed by atoms with Crippen LogP contribution in [0.2, 0.25) is 0 Å². The standard InChI is InChI=1S/C21H18N2O3/c1-25-17-7-5-14(6-8-17)16-12-22-21(23-13-16)26-18-9-10-19-15(11-18)3-2-4-20(19)24/h5-13H,2-4H2,1H3. The molecule has 5 nitrogen and oxygen atoms in total. The van der Waals surface area contributed by atoms with Gasteiger partial charge in [-0.1, -0.05) is 12.1 Å². The van der Waals surface area contributed by atoms with Crippen LogP contribution in [0.3, 0.4) is 0 Å². The van der Waals surface area contributed by atoms with Crippen molar-refractivity contribution in [1.82, 2.24) is 9.97 Å². The van der Waals surface area contributed by atoms with E-state index < -0.39 is 0 Å². The quantitative estimate of drug-likeness (QED) is 0.698. The first-order valence-electron chi connectivity index (χ1n) is 8.53. The van der Waals surface area contributed by atoms with E-state index in [1.807, 2.05) is 36.4 Å². The average Bonchev–Trinajstić information content (AvgIpc) is 2.69. The number of aromatic nitrogens is 2. The second-order valence-electron chi connectivity index (χ2n) is 6.18. The molecule has 0 aliphatic heterocycles. The lowest BCUT2D eigenvalue weighted by molar-refractivity contribution is 0.0972. The van der Waals surface area contributed by atoms with Crippen LogP contribution in [0, 0.1) is 0 Å². The van der Waals surface area contributed by atoms with E-state index in [0.717, 1.165) is 40.8 Å². The van der Waals surface area contributed by atoms with Gasteiger partial charge in [-0.2, -0.15) is 0 Å². The van der Waals surface area contributed by atoms with Crippen LogP contribution in [-0.4, -0.2) is 22.9 Å². The normalized spacial score (nSPS) is 13.2. The molecule has 3 aromatic rings. The molecule has 5 heteroatoms. The van der Waals surface area contributed by atoms with Gasteiger partial charge in [0.15, 0.2) is 5.78 Å². The number of rotatable bonds is 4. The van der Waals surface area contributed by atoms with Crippen LogP contribution in [-0.2, 0) is 6.42 Å². The number of benzene rings is 2. The van der Waals surface area contributed by atoms with Crippen molar-refractivity contribution >= 4 is 5.78 Å². The predicted octanol–water partition coefficient (Wildman–Crippen LogP) is 4.46. The molecular formula is C21H18N2O3. The van der Waals surface area contributed by atoms with Gasteiger partial charge in [0.05, 0.1) is 7.11 Å². The zero-order valence-electron chi connectivity index (χ0n) is 14.4. The summed E-state index contributed by atoms with van der Waals surface area (Å²) in [4.78, 5) is 20.5. The monoisotopic (exact) mass is 346 g/mol. The number of methoxy groups -OCH3 is 1. The lowest BCUT2D eigenvalue weighted by Gasteiger charge is -2.15. The number of aryl methyl sites for hydroxylation is 1. The van der Waals surface area contributed by atoms with Crippen molar-refractivity contribution in [3.05, 3.63) is 66.0 Å². The van der Waals surface area contributed by atoms with E-state index in [1.54, 1.807) is 25.6 Å². The van der Waals surface area contributed by atoms with Gasteiger partial charge in [-0.15, -0.1) is 0 Å². The van der Waals surface area contributed by atoms with Crippen molar-refractivity contribution in [1.29, 1.82) is 0 Å². The van der Waals surface area contributed by atoms with Crippen LogP contribution in [0.4, 0.5) is 0 Å². The molecule has 1 aromatic heterocycles. The SMILES string of the molecule is COc1ccc(-c2cnc(Oc3ccc4c(c3)CCCC4=O)nc2)cc1. The fourth-order valence-corrected chi connectivity index (χ4v) is 3.09. The molecule has 0 amide bonds. The first-order valence-corrected chi connectivity index (χ1v) is 8.53. The van der Waals surface area contributed by atoms with Gasteiger partial charge in [0, 0.05) is 29.9 Å². The summed E-state index contributed by atoms with van der Waals surface area (Å²) < 4.78 is 10.9. The summed E-state index contributed by atoms with van der Waals surface area (Å²) >= 11 is 0. The van der Waals surface area contributed by atoms with Gasteiger partial charge in [-0.05, 0) is 54.3 Å². The topological polar surface area (TPSA) is 61.3 Å². The second kappa shape index (κ2) is 6.96. The number of carbonyl (C=O) groups excluding carboxylic acids is 1. The Morgan fingerprint density at radius 3 is 2.35 bits per heavy atom. The first kappa shape index (κ1) is 16.3. The molecule has 1 heterocycles. The Balaban J connectivity index is 1.51. The van der Waals surface area contributed by atoms with E-state index in [1.165, 1.54) is 0 Å². The van der Waals surface area contributed by atoms with Crippen LogP contribution >= 0.6 is 0 Å². The number of Topliss-reactive ketones (excluding diaryl/α,β-unsaturated/α-hetero) is 1. The molecule has 1 aliphatic carbocycles. The van der Waals surface area contributed by atoms with Crippen molar-refractivity contribution in [2.75, 3.05) is 7.11 Å². The van der Waals surface area contributed by atoms with E-state index in [9.17, 15) is 4.79 Å². The van der Waals surface area contributed by atoms with E-state index in [-0.39, 0.29) is 11.8 Å². The number of hydrogen-bond donors (Lipinski definition) is 0. The van der Waals surface area contributed by atoms with E-state index in [2.05, 4.69) is 9.97 Å². The van der Waals surface area contributed by atoms with Crippen LogP contribution < -0.4 is 9.47 Å². The molecule has 0 N–H and O–H groups in total. The third-order valence-electron chi connectivity index (χ3n) is 4.49. The summed E-state index contributed by atoms with van der Waals surface area (Å²) in [5, 5.41) is 0. The molecule has 130 valence electrons. The van der Waals surface area contributed by atoms with Gasteiger partial charge >= 0.3 is 6.01 Å². The Morgan fingerprint density at radius 1 is 0.885 bits per heavy atom. The molecule has 2 aromatic carbocycles. The van der Waals surface area contributed by atoms with Crippen molar-refractivity contribution in [3.8, 4) is 28.6 Å². The largest absolute Gasteiger partial charge is 0.497 e. The van der Waals surface area contributed by atoms with Crippen LogP contribution in [0.1, 0.15) is 28.8 Å². The molecule has 0 bridgehead atoms. The molecule has 0 spiro atoms. The molecular weight excluding hydrogens is 328 g/mol. The molecule has 4 rings (SSSR count). The summed E-state index contributed by atoms with van der Waals surface area (Å²) in [5.41, 5.74) is 3.74. The summed E-state index contributed by atoms with van der Waals surface area (Å²) in [6.07, 6.45) is 5.87. The third-order valence-corrected chi connectivity index (χ3v) is 4.49. The van der Waals surface area contributed by atoms with Gasteiger partial charge < -0.3 is 9.47 Å². The minimum atomic E-state index is 0.206. The number of fused-ring (bicyclic) bond motifs is 1. The van der Waals surface area contributed by atoms with Crippen molar-refractivity contribution < 1.29 is 14.3 Å². The fraction of sp³-hybridized carbons (Fsp3) is 0.190. The van der Waals surface area contributed by atoms with Crippen molar-refractivity contribution in [3.63, 3.8) is 0 Å². The highest BCUT2D eigenvalue weighted by Crippen LogP contribution is 2.28. The van der Waals surface area contributed by atoms with Gasteiger partial charge in [0.2, 0.25) is 0 Å². The first-order chi connectivity index (χ1) is 12.7. The van der Waals surface area contributed by atoms with E-state index in [0.29, 0.717) is 12.2 Å². The summed E-state index contributed by atoms with van der Waals surface area (Å²) in [6, 6.07) is 13.5. The van der Waals surface area contributed by atoms with Gasteiger partial charge in [-0.25, -0.2) is 9.97 Å². The molecule has 0 unspecified atom stereocenters. The number of hydrogen-bond acceptors (Lipinski definition) is 5. The molecule has 0 atom stereocenters. The summed E-state index contributed by atoms with van der Waals surface area (Å²) in [6.45, 7) is 0. The highest BCUT2D eigenvalue weighted by Gasteiger charge is 2.17. The number of nitrogens with zero attached hydrogens (tertiary/aromatic N) is 2. The zero-order chi connectivity index (χ0) is 17.9. The zero-order valence-corrected chi connectivity index (χ0v) is 14.4. The Bertz CT molecular complexity index is 934. The fourth-order valence-electron chi connectivity index (χ4n) is 3.09. The number of ether oxygens (including phenoxy) is 2. The molecule has 0 saturated carbocycles. The molecule has 0 fully saturated rings. The summed E-state index contributed by atoms with van der Waals surface area (Å²) in [7, 11) is 1.64. The van der Waals surface area contributed by atoms with Crippen molar-refractivity contribution in [2.45, 2.75) is 19.3 Å². The highest BCUT2D eigenvalue weighted by atomic mass is 16.5. The Morgan fingerprint density at radius 2 is 1.62 bits per heavy atom. The predicted molar refractivity (Wildman–Crippen MR) is 97.8 cm³/mol. The van der Waals surface area contributed by atoms with E-state index >= 15 is 0 Å². The maximum atomic E-state index is 11.9. The maximum absolute atomic E-state index is 11.9. The smallest absolute Gasteiger partial charge is 0.321 e. The molecule has 0 radical (unpaired) electrons. The van der Waals surface area contributed by atoms with Gasteiger partial charge in [-0.3, -0.25) is 4.79 Å². The molecule has 26 heavy (non-hydrogen) atoms. The maximum Gasteiger partial charge on any atom is 0.321 e. The third kappa shape index (κ3) is 3.28. The minimum Gasteiger partial charge on any atom is -0.497 e. The van der Waals surface area contributed by atoms with Crippen LogP contribution in [0.5, 0.6) is 17.5 Å². The second-order valence-corrected chi connectivity index (χ2v) is 6.18. The summed E-state index contributed by atoms with van der Waals surface area (Å²) in [5.74, 6) is 1.66. The lowest BCUT2D eigenvalue weighted by Crippen LogP contribution is -2.10. The van der Waals surface area contributed by atoms with Crippen LogP contribution in [0.25, 0.3) is 11.1 Å². The van der Waals surface area contributed by atoms with E-state index in [4.69, 9.17) is 9.47 Å². The number of carbonyl (C=O) groups is 1. The Hall–Kier alpha value is -3.21. The van der Waals surface area contributed by atoms with Gasteiger partial charge in [0.1, 0.15) is 11.5 Å². The Labute approximate surface area is 151 Å². The molecule has 0 saturated heterocycles. The number of ketones is 1. The van der Waals surface area contributed by atoms with Gasteiger partial charge in [0.25, 0.3) is 0 Å². The highest BCUT2D eigenvalue weighted by molar-refractivity contribution is 5.98. The Kier molecular flexibility index (Phi) is 4.35.